The summed E-state index contributed by atoms with van der Waals surface area (Å²) in [5.74, 6) is -0.429. The molecular formula is C59H66F2O8. The van der Waals surface area contributed by atoms with E-state index in [9.17, 15) is 18.4 Å². The van der Waals surface area contributed by atoms with Crippen molar-refractivity contribution in [1.29, 1.82) is 0 Å². The van der Waals surface area contributed by atoms with Crippen molar-refractivity contribution < 1.29 is 47.5 Å². The summed E-state index contributed by atoms with van der Waals surface area (Å²) >= 11 is 0. The number of hydrogen-bond donors (Lipinski definition) is 2. The number of benzene rings is 6. The van der Waals surface area contributed by atoms with Gasteiger partial charge < -0.3 is 29.2 Å². The van der Waals surface area contributed by atoms with Crippen molar-refractivity contribution in [2.75, 3.05) is 14.2 Å². The van der Waals surface area contributed by atoms with E-state index in [0.717, 1.165) is 44.5 Å². The molecule has 0 heterocycles. The summed E-state index contributed by atoms with van der Waals surface area (Å²) in [6.45, 7) is 20.7. The predicted molar refractivity (Wildman–Crippen MR) is 273 cm³/mol. The standard InChI is InChI=1S/2C29H31FO4.CH4/c2*1-6-20(16-28(31)32)21-8-7-9-23(15-21)34-18-19-10-12-24(26(14-19)29(2,3)4)25-17-22(33-5)11-13-27(25)30;/h2*6-15,17,20H,1,16,18H2,2-5H3,(H,31,32);1H4/t2*20-;/m10./s1. The molecule has 0 spiro atoms. The fourth-order valence-electron chi connectivity index (χ4n) is 7.80. The van der Waals surface area contributed by atoms with Gasteiger partial charge in [0.1, 0.15) is 47.8 Å². The van der Waals surface area contributed by atoms with E-state index in [2.05, 4.69) is 66.8 Å². The number of ether oxygens (including phenoxy) is 4. The van der Waals surface area contributed by atoms with Gasteiger partial charge in [0.25, 0.3) is 0 Å². The summed E-state index contributed by atoms with van der Waals surface area (Å²) in [6, 6.07) is 36.1. The summed E-state index contributed by atoms with van der Waals surface area (Å²) in [5, 5.41) is 18.3. The molecule has 0 amide bonds. The zero-order chi connectivity index (χ0) is 49.8. The van der Waals surface area contributed by atoms with Crippen LogP contribution in [-0.2, 0) is 33.6 Å². The zero-order valence-corrected chi connectivity index (χ0v) is 40.2. The number of hydrogen-bond acceptors (Lipinski definition) is 6. The van der Waals surface area contributed by atoms with E-state index < -0.39 is 11.9 Å². The number of allylic oxidation sites excluding steroid dienone is 2. The second-order valence-electron chi connectivity index (χ2n) is 18.6. The van der Waals surface area contributed by atoms with Gasteiger partial charge >= 0.3 is 11.9 Å². The van der Waals surface area contributed by atoms with Gasteiger partial charge in [-0.25, -0.2) is 8.78 Å². The van der Waals surface area contributed by atoms with E-state index in [1.807, 2.05) is 72.8 Å². The van der Waals surface area contributed by atoms with Gasteiger partial charge in [0.05, 0.1) is 27.1 Å². The van der Waals surface area contributed by atoms with Gasteiger partial charge in [-0.15, -0.1) is 13.2 Å². The Morgan fingerprint density at radius 3 is 1.23 bits per heavy atom. The van der Waals surface area contributed by atoms with Crippen LogP contribution in [0.3, 0.4) is 0 Å². The van der Waals surface area contributed by atoms with E-state index in [1.165, 1.54) is 12.1 Å². The topological polar surface area (TPSA) is 112 Å². The number of carboxylic acids is 2. The highest BCUT2D eigenvalue weighted by atomic mass is 19.1. The van der Waals surface area contributed by atoms with Crippen LogP contribution < -0.4 is 18.9 Å². The molecule has 2 atom stereocenters. The fourth-order valence-corrected chi connectivity index (χ4v) is 7.80. The Bertz CT molecular complexity index is 2540. The highest BCUT2D eigenvalue weighted by Crippen LogP contribution is 2.39. The van der Waals surface area contributed by atoms with Gasteiger partial charge in [0.2, 0.25) is 0 Å². The lowest BCUT2D eigenvalue weighted by atomic mass is 9.81. The molecule has 0 saturated carbocycles. The molecule has 8 nitrogen and oxygen atoms in total. The molecule has 69 heavy (non-hydrogen) atoms. The van der Waals surface area contributed by atoms with Gasteiger partial charge in [-0.05, 0) is 116 Å². The second-order valence-corrected chi connectivity index (χ2v) is 18.6. The number of carboxylic acid groups (broad SMARTS) is 2. The molecule has 2 N–H and O–H groups in total. The average Bonchev–Trinajstić information content (AvgIpc) is 3.31. The van der Waals surface area contributed by atoms with Crippen LogP contribution in [-0.4, -0.2) is 36.4 Å². The van der Waals surface area contributed by atoms with Gasteiger partial charge in [-0.2, -0.15) is 0 Å². The SMILES string of the molecule is C.C=C[C@@H](CC(=O)O)c1cccc(OCc2ccc(-c3cc(OC)ccc3F)c(C(C)(C)C)c2)c1.C=C[C@H](CC(=O)O)c1cccc(OCc2ccc(-c3cc(OC)ccc3F)c(C(C)(C)C)c2)c1. The third-order valence-electron chi connectivity index (χ3n) is 11.5. The van der Waals surface area contributed by atoms with Crippen LogP contribution in [0.2, 0.25) is 0 Å². The molecule has 0 aliphatic heterocycles. The number of rotatable bonds is 18. The number of halogens is 2. The largest absolute Gasteiger partial charge is 0.497 e. The molecule has 6 aromatic rings. The molecule has 0 unspecified atom stereocenters. The van der Waals surface area contributed by atoms with Crippen LogP contribution in [0, 0.1) is 11.6 Å². The molecule has 0 aliphatic rings. The molecule has 6 aromatic carbocycles. The normalized spacial score (nSPS) is 12.0. The molecule has 0 bridgehead atoms. The van der Waals surface area contributed by atoms with Crippen LogP contribution >= 0.6 is 0 Å². The maximum atomic E-state index is 14.7. The smallest absolute Gasteiger partial charge is 0.304 e. The maximum absolute atomic E-state index is 14.7. The Hall–Kier alpha value is -7.20. The van der Waals surface area contributed by atoms with Gasteiger partial charge in [0, 0.05) is 23.0 Å². The Balaban J connectivity index is 0.000000296. The summed E-state index contributed by atoms with van der Waals surface area (Å²) in [4.78, 5) is 22.3. The average molecular weight is 941 g/mol. The minimum Gasteiger partial charge on any atom is -0.497 e. The molecule has 0 aliphatic carbocycles. The summed E-state index contributed by atoms with van der Waals surface area (Å²) < 4.78 is 52.1. The van der Waals surface area contributed by atoms with Crippen LogP contribution in [0.15, 0.2) is 147 Å². The lowest BCUT2D eigenvalue weighted by molar-refractivity contribution is -0.138. The van der Waals surface area contributed by atoms with Crippen molar-refractivity contribution in [1.82, 2.24) is 0 Å². The minimum atomic E-state index is -0.876. The van der Waals surface area contributed by atoms with E-state index in [1.54, 1.807) is 50.6 Å². The highest BCUT2D eigenvalue weighted by molar-refractivity contribution is 5.73. The van der Waals surface area contributed by atoms with Crippen molar-refractivity contribution in [2.45, 2.75) is 97.7 Å². The number of aliphatic carboxylic acids is 2. The molecule has 6 rings (SSSR count). The van der Waals surface area contributed by atoms with Crippen LogP contribution in [0.5, 0.6) is 23.0 Å². The van der Waals surface area contributed by atoms with E-state index >= 15 is 0 Å². The van der Waals surface area contributed by atoms with Crippen LogP contribution in [0.1, 0.15) is 107 Å². The van der Waals surface area contributed by atoms with Gasteiger partial charge in [-0.1, -0.05) is 122 Å². The summed E-state index contributed by atoms with van der Waals surface area (Å²) in [6.07, 6.45) is 3.23. The van der Waals surface area contributed by atoms with Crippen molar-refractivity contribution in [3.8, 4) is 45.3 Å². The maximum Gasteiger partial charge on any atom is 0.304 e. The lowest BCUT2D eigenvalue weighted by Crippen LogP contribution is -2.14. The van der Waals surface area contributed by atoms with E-state index in [-0.39, 0.29) is 54.6 Å². The van der Waals surface area contributed by atoms with Crippen LogP contribution in [0.4, 0.5) is 8.78 Å². The molecular weight excluding hydrogens is 875 g/mol. The van der Waals surface area contributed by atoms with Crippen molar-refractivity contribution in [3.63, 3.8) is 0 Å². The van der Waals surface area contributed by atoms with Crippen molar-refractivity contribution in [3.05, 3.63) is 192 Å². The first-order valence-electron chi connectivity index (χ1n) is 22.3. The summed E-state index contributed by atoms with van der Waals surface area (Å²) in [5.41, 5.74) is 7.77. The Morgan fingerprint density at radius 2 is 0.913 bits per heavy atom. The number of methoxy groups -OCH3 is 2. The molecule has 10 heteroatoms. The first-order valence-corrected chi connectivity index (χ1v) is 22.3. The monoisotopic (exact) mass is 940 g/mol. The first kappa shape index (κ1) is 54.4. The number of carbonyl (C=O) groups is 2. The van der Waals surface area contributed by atoms with E-state index in [0.29, 0.717) is 47.3 Å². The van der Waals surface area contributed by atoms with Gasteiger partial charge in [-0.3, -0.25) is 9.59 Å². The zero-order valence-electron chi connectivity index (χ0n) is 40.2. The Labute approximate surface area is 406 Å². The fraction of sp³-hybridized carbons (Fsp3) is 0.288. The quantitative estimate of drug-likeness (QED) is 0.0820. The van der Waals surface area contributed by atoms with Crippen molar-refractivity contribution in [2.24, 2.45) is 0 Å². The van der Waals surface area contributed by atoms with E-state index in [4.69, 9.17) is 29.2 Å². The van der Waals surface area contributed by atoms with Crippen molar-refractivity contribution >= 4 is 11.9 Å². The van der Waals surface area contributed by atoms with Gasteiger partial charge in [0.15, 0.2) is 0 Å². The Kier molecular flexibility index (Phi) is 19.1. The third kappa shape index (κ3) is 14.9. The predicted octanol–water partition coefficient (Wildman–Crippen LogP) is 14.9. The second kappa shape index (κ2) is 24.2. The van der Waals surface area contributed by atoms with Crippen LogP contribution in [0.25, 0.3) is 22.3 Å². The summed E-state index contributed by atoms with van der Waals surface area (Å²) in [7, 11) is 3.13. The molecule has 0 saturated heterocycles. The molecule has 364 valence electrons. The molecule has 0 aromatic heterocycles. The molecule has 0 fully saturated rings. The lowest BCUT2D eigenvalue weighted by Gasteiger charge is -2.24. The molecule has 0 radical (unpaired) electrons. The Morgan fingerprint density at radius 1 is 0.536 bits per heavy atom. The third-order valence-corrected chi connectivity index (χ3v) is 11.5. The minimum absolute atomic E-state index is 0. The highest BCUT2D eigenvalue weighted by Gasteiger charge is 2.24. The first-order chi connectivity index (χ1) is 32.2.